The smallest absolute Gasteiger partial charge is 0.163 e. The number of ketones is 1. The molecule has 2 atom stereocenters. The van der Waals surface area contributed by atoms with E-state index in [9.17, 15) is 4.79 Å². The Bertz CT molecular complexity index is 510. The molecule has 2 saturated carbocycles. The summed E-state index contributed by atoms with van der Waals surface area (Å²) < 4.78 is 0. The molecule has 0 aliphatic heterocycles. The van der Waals surface area contributed by atoms with Gasteiger partial charge in [-0.2, -0.15) is 0 Å². The molecule has 1 spiro atoms. The van der Waals surface area contributed by atoms with Gasteiger partial charge in [-0.05, 0) is 48.5 Å². The van der Waals surface area contributed by atoms with Crippen LogP contribution in [0.3, 0.4) is 0 Å². The van der Waals surface area contributed by atoms with Crippen molar-refractivity contribution < 1.29 is 4.79 Å². The molecule has 100 valence electrons. The van der Waals surface area contributed by atoms with Gasteiger partial charge < -0.3 is 0 Å². The average Bonchev–Trinajstić information content (AvgIpc) is 2.78. The Morgan fingerprint density at radius 2 is 1.79 bits per heavy atom. The lowest BCUT2D eigenvalue weighted by Crippen LogP contribution is -2.21. The SMILES string of the molecule is O=C1C[C@H]2CC3(CCCCC3)C[C@@H]2c2ccccc21. The van der Waals surface area contributed by atoms with E-state index in [1.54, 1.807) is 0 Å². The predicted octanol–water partition coefficient (Wildman–Crippen LogP) is 4.72. The van der Waals surface area contributed by atoms with Gasteiger partial charge in [0.05, 0.1) is 0 Å². The molecule has 2 fully saturated rings. The molecule has 4 rings (SSSR count). The Morgan fingerprint density at radius 1 is 1.00 bits per heavy atom. The van der Waals surface area contributed by atoms with E-state index in [2.05, 4.69) is 12.1 Å². The minimum atomic E-state index is 0.393. The quantitative estimate of drug-likeness (QED) is 0.655. The number of hydrogen-bond donors (Lipinski definition) is 0. The van der Waals surface area contributed by atoms with Crippen molar-refractivity contribution >= 4 is 5.78 Å². The first kappa shape index (κ1) is 11.7. The summed E-state index contributed by atoms with van der Waals surface area (Å²) in [5, 5.41) is 0. The molecule has 0 unspecified atom stereocenters. The Labute approximate surface area is 115 Å². The van der Waals surface area contributed by atoms with Gasteiger partial charge in [-0.1, -0.05) is 43.5 Å². The van der Waals surface area contributed by atoms with Gasteiger partial charge in [-0.3, -0.25) is 4.79 Å². The fourth-order valence-electron chi connectivity index (χ4n) is 5.13. The highest BCUT2D eigenvalue weighted by atomic mass is 16.1. The molecule has 3 aliphatic rings. The van der Waals surface area contributed by atoms with Crippen LogP contribution in [0.2, 0.25) is 0 Å². The van der Waals surface area contributed by atoms with Crippen LogP contribution in [0.1, 0.15) is 73.2 Å². The van der Waals surface area contributed by atoms with Crippen LogP contribution in [-0.4, -0.2) is 5.78 Å². The van der Waals surface area contributed by atoms with Crippen molar-refractivity contribution in [2.45, 2.75) is 57.3 Å². The molecular weight excluding hydrogens is 232 g/mol. The molecule has 19 heavy (non-hydrogen) atoms. The van der Waals surface area contributed by atoms with Crippen LogP contribution in [0.4, 0.5) is 0 Å². The molecule has 1 aromatic rings. The Hall–Kier alpha value is -1.11. The maximum atomic E-state index is 12.3. The zero-order valence-corrected chi connectivity index (χ0v) is 11.5. The van der Waals surface area contributed by atoms with E-state index in [0.29, 0.717) is 23.0 Å². The van der Waals surface area contributed by atoms with Crippen LogP contribution in [0.25, 0.3) is 0 Å². The van der Waals surface area contributed by atoms with Gasteiger partial charge >= 0.3 is 0 Å². The van der Waals surface area contributed by atoms with E-state index in [0.717, 1.165) is 12.0 Å². The lowest BCUT2D eigenvalue weighted by molar-refractivity contribution is 0.0939. The predicted molar refractivity (Wildman–Crippen MR) is 76.4 cm³/mol. The van der Waals surface area contributed by atoms with E-state index >= 15 is 0 Å². The van der Waals surface area contributed by atoms with Crippen LogP contribution in [-0.2, 0) is 0 Å². The molecular formula is C18H22O. The fourth-order valence-corrected chi connectivity index (χ4v) is 5.13. The Kier molecular flexibility index (Phi) is 2.58. The number of benzene rings is 1. The van der Waals surface area contributed by atoms with Gasteiger partial charge in [0.15, 0.2) is 5.78 Å². The van der Waals surface area contributed by atoms with Gasteiger partial charge in [0.2, 0.25) is 0 Å². The Morgan fingerprint density at radius 3 is 2.63 bits per heavy atom. The van der Waals surface area contributed by atoms with Crippen molar-refractivity contribution in [3.05, 3.63) is 35.4 Å². The molecule has 1 nitrogen and oxygen atoms in total. The van der Waals surface area contributed by atoms with Crippen molar-refractivity contribution in [3.8, 4) is 0 Å². The van der Waals surface area contributed by atoms with Crippen LogP contribution in [0, 0.1) is 11.3 Å². The minimum absolute atomic E-state index is 0.393. The zero-order valence-electron chi connectivity index (χ0n) is 11.5. The highest BCUT2D eigenvalue weighted by Crippen LogP contribution is 2.59. The monoisotopic (exact) mass is 254 g/mol. The van der Waals surface area contributed by atoms with Gasteiger partial charge in [0.1, 0.15) is 0 Å². The molecule has 0 N–H and O–H groups in total. The molecule has 0 heterocycles. The van der Waals surface area contributed by atoms with Crippen LogP contribution < -0.4 is 0 Å². The van der Waals surface area contributed by atoms with Crippen molar-refractivity contribution in [3.63, 3.8) is 0 Å². The highest BCUT2D eigenvalue weighted by Gasteiger charge is 2.48. The van der Waals surface area contributed by atoms with E-state index in [4.69, 9.17) is 0 Å². The second-order valence-corrected chi connectivity index (χ2v) is 7.05. The number of Topliss-reactive ketones (excluding diaryl/α,β-unsaturated/α-hetero) is 1. The number of fused-ring (bicyclic) bond motifs is 3. The molecule has 1 heteroatoms. The summed E-state index contributed by atoms with van der Waals surface area (Å²) in [7, 11) is 0. The number of carbonyl (C=O) groups is 1. The second kappa shape index (κ2) is 4.19. The summed E-state index contributed by atoms with van der Waals surface area (Å²) in [6, 6.07) is 8.38. The lowest BCUT2D eigenvalue weighted by Gasteiger charge is -2.33. The minimum Gasteiger partial charge on any atom is -0.294 e. The fraction of sp³-hybridized carbons (Fsp3) is 0.611. The maximum Gasteiger partial charge on any atom is 0.163 e. The third-order valence-electron chi connectivity index (χ3n) is 5.94. The summed E-state index contributed by atoms with van der Waals surface area (Å²) >= 11 is 0. The number of carbonyl (C=O) groups excluding carboxylic acids is 1. The Balaban J connectivity index is 1.70. The first-order chi connectivity index (χ1) is 9.27. The largest absolute Gasteiger partial charge is 0.294 e. The molecule has 0 saturated heterocycles. The van der Waals surface area contributed by atoms with Crippen molar-refractivity contribution in [1.82, 2.24) is 0 Å². The van der Waals surface area contributed by atoms with Crippen LogP contribution in [0.15, 0.2) is 24.3 Å². The van der Waals surface area contributed by atoms with Gasteiger partial charge in [-0.25, -0.2) is 0 Å². The molecule has 0 radical (unpaired) electrons. The standard InChI is InChI=1S/C18H22O/c19-17-10-13-11-18(8-4-1-5-9-18)12-16(13)14-6-2-3-7-15(14)17/h2-3,6-7,13,16H,1,4-5,8-12H2/t13-,16-/m0/s1. The van der Waals surface area contributed by atoms with Gasteiger partial charge in [-0.15, -0.1) is 0 Å². The third kappa shape index (κ3) is 1.78. The molecule has 3 aliphatic carbocycles. The summed E-state index contributed by atoms with van der Waals surface area (Å²) in [6.07, 6.45) is 10.5. The maximum absolute atomic E-state index is 12.3. The van der Waals surface area contributed by atoms with Crippen molar-refractivity contribution in [1.29, 1.82) is 0 Å². The van der Waals surface area contributed by atoms with E-state index in [1.807, 2.05) is 12.1 Å². The lowest BCUT2D eigenvalue weighted by atomic mass is 9.72. The first-order valence-electron chi connectivity index (χ1n) is 7.90. The normalized spacial score (nSPS) is 32.1. The molecule has 0 aromatic heterocycles. The van der Waals surface area contributed by atoms with Gasteiger partial charge in [0, 0.05) is 12.0 Å². The average molecular weight is 254 g/mol. The molecule has 1 aromatic carbocycles. The number of hydrogen-bond acceptors (Lipinski definition) is 1. The third-order valence-corrected chi connectivity index (χ3v) is 5.94. The molecule has 0 amide bonds. The zero-order chi connectivity index (χ0) is 12.9. The second-order valence-electron chi connectivity index (χ2n) is 7.05. The van der Waals surface area contributed by atoms with Crippen LogP contribution >= 0.6 is 0 Å². The van der Waals surface area contributed by atoms with Crippen molar-refractivity contribution in [2.24, 2.45) is 11.3 Å². The summed E-state index contributed by atoms with van der Waals surface area (Å²) in [5.74, 6) is 1.71. The highest BCUT2D eigenvalue weighted by molar-refractivity contribution is 5.99. The summed E-state index contributed by atoms with van der Waals surface area (Å²) in [4.78, 5) is 12.3. The first-order valence-corrected chi connectivity index (χ1v) is 7.90. The van der Waals surface area contributed by atoms with E-state index in [1.165, 1.54) is 50.5 Å². The van der Waals surface area contributed by atoms with Crippen molar-refractivity contribution in [2.75, 3.05) is 0 Å². The molecule has 0 bridgehead atoms. The summed E-state index contributed by atoms with van der Waals surface area (Å²) in [5.41, 5.74) is 2.98. The summed E-state index contributed by atoms with van der Waals surface area (Å²) in [6.45, 7) is 0. The van der Waals surface area contributed by atoms with E-state index < -0.39 is 0 Å². The van der Waals surface area contributed by atoms with Crippen LogP contribution in [0.5, 0.6) is 0 Å². The topological polar surface area (TPSA) is 17.1 Å². The van der Waals surface area contributed by atoms with E-state index in [-0.39, 0.29) is 0 Å². The van der Waals surface area contributed by atoms with Gasteiger partial charge in [0.25, 0.3) is 0 Å². The number of rotatable bonds is 0.